The van der Waals surface area contributed by atoms with Crippen LogP contribution >= 0.6 is 0 Å². The topological polar surface area (TPSA) is 46.6 Å². The highest BCUT2D eigenvalue weighted by molar-refractivity contribution is 7.89. The second-order valence-corrected chi connectivity index (χ2v) is 8.15. The summed E-state index contributed by atoms with van der Waals surface area (Å²) in [5.74, 6) is 0.103. The summed E-state index contributed by atoms with van der Waals surface area (Å²) in [6, 6.07) is 8.12. The number of aryl methyl sites for hydroxylation is 1. The number of benzene rings is 1. The molecule has 21 heavy (non-hydrogen) atoms. The first-order chi connectivity index (χ1) is 10.1. The molecule has 0 N–H and O–H groups in total. The van der Waals surface area contributed by atoms with Crippen molar-refractivity contribution >= 4 is 10.0 Å². The summed E-state index contributed by atoms with van der Waals surface area (Å²) < 4.78 is 32.7. The summed E-state index contributed by atoms with van der Waals surface area (Å²) in [4.78, 5) is 0. The van der Waals surface area contributed by atoms with E-state index in [0.29, 0.717) is 13.2 Å². The molecule has 1 aromatic carbocycles. The van der Waals surface area contributed by atoms with Crippen LogP contribution in [0.4, 0.5) is 0 Å². The van der Waals surface area contributed by atoms with E-state index in [1.807, 2.05) is 31.2 Å². The Morgan fingerprint density at radius 1 is 1.19 bits per heavy atom. The molecular weight excluding hydrogens is 286 g/mol. The van der Waals surface area contributed by atoms with Gasteiger partial charge in [-0.2, -0.15) is 4.31 Å². The highest BCUT2D eigenvalue weighted by Crippen LogP contribution is 2.31. The fourth-order valence-electron chi connectivity index (χ4n) is 3.32. The Morgan fingerprint density at radius 3 is 2.67 bits per heavy atom. The third-order valence-electron chi connectivity index (χ3n) is 4.53. The number of ether oxygens (including phenoxy) is 1. The quantitative estimate of drug-likeness (QED) is 0.843. The summed E-state index contributed by atoms with van der Waals surface area (Å²) in [6.07, 6.45) is 4.19. The zero-order chi connectivity index (χ0) is 14.9. The first kappa shape index (κ1) is 15.0. The fourth-order valence-corrected chi connectivity index (χ4v) is 4.86. The normalized spacial score (nSPS) is 29.6. The molecule has 0 bridgehead atoms. The molecule has 4 nitrogen and oxygen atoms in total. The third-order valence-corrected chi connectivity index (χ3v) is 6.32. The molecule has 0 radical (unpaired) electrons. The van der Waals surface area contributed by atoms with Gasteiger partial charge in [0.25, 0.3) is 0 Å². The van der Waals surface area contributed by atoms with Gasteiger partial charge in [0.1, 0.15) is 0 Å². The second kappa shape index (κ2) is 6.07. The van der Waals surface area contributed by atoms with Crippen molar-refractivity contribution < 1.29 is 13.2 Å². The summed E-state index contributed by atoms with van der Waals surface area (Å²) in [5.41, 5.74) is 2.24. The van der Waals surface area contributed by atoms with E-state index in [9.17, 15) is 8.42 Å². The Hall–Kier alpha value is -0.910. The van der Waals surface area contributed by atoms with Gasteiger partial charge in [0.05, 0.1) is 24.5 Å². The number of nitrogens with zero attached hydrogens (tertiary/aromatic N) is 1. The largest absolute Gasteiger partial charge is 0.375 e. The maximum Gasteiger partial charge on any atom is 0.217 e. The van der Waals surface area contributed by atoms with E-state index in [2.05, 4.69) is 0 Å². The summed E-state index contributed by atoms with van der Waals surface area (Å²) >= 11 is 0. The molecule has 0 amide bonds. The molecular formula is C16H23NO3S. The average Bonchev–Trinajstić information content (AvgIpc) is 2.58. The Labute approximate surface area is 127 Å². The van der Waals surface area contributed by atoms with Gasteiger partial charge in [-0.1, -0.05) is 42.7 Å². The minimum Gasteiger partial charge on any atom is -0.375 e. The highest BCUT2D eigenvalue weighted by atomic mass is 32.2. The van der Waals surface area contributed by atoms with Crippen LogP contribution in [0, 0.1) is 6.92 Å². The standard InChI is InChI=1S/C16H23NO3S/c1-13-6-8-14(9-7-13)12-17-15-4-2-3-5-16(15)20-10-11-21(17,18)19/h6-9,15-16H,2-5,10-12H2,1H3/t15-,16-/m0/s1. The second-order valence-electron chi connectivity index (χ2n) is 6.11. The Balaban J connectivity index is 1.88. The summed E-state index contributed by atoms with van der Waals surface area (Å²) in [6.45, 7) is 2.83. The van der Waals surface area contributed by atoms with Crippen LogP contribution in [0.15, 0.2) is 24.3 Å². The lowest BCUT2D eigenvalue weighted by Gasteiger charge is -2.36. The van der Waals surface area contributed by atoms with E-state index in [4.69, 9.17) is 4.74 Å². The molecule has 116 valence electrons. The van der Waals surface area contributed by atoms with E-state index in [1.165, 1.54) is 5.56 Å². The molecule has 3 rings (SSSR count). The number of sulfonamides is 1. The number of hydrogen-bond donors (Lipinski definition) is 0. The van der Waals surface area contributed by atoms with E-state index in [0.717, 1.165) is 31.2 Å². The van der Waals surface area contributed by atoms with Crippen LogP contribution in [0.5, 0.6) is 0 Å². The summed E-state index contributed by atoms with van der Waals surface area (Å²) in [5, 5.41) is 0. The molecule has 0 spiro atoms. The fraction of sp³-hybridized carbons (Fsp3) is 0.625. The lowest BCUT2D eigenvalue weighted by molar-refractivity contribution is -0.00101. The Bertz CT molecular complexity index is 582. The predicted molar refractivity (Wildman–Crippen MR) is 82.5 cm³/mol. The predicted octanol–water partition coefficient (Wildman–Crippen LogP) is 2.47. The molecule has 2 atom stereocenters. The van der Waals surface area contributed by atoms with E-state index in [-0.39, 0.29) is 17.9 Å². The molecule has 2 aliphatic rings. The van der Waals surface area contributed by atoms with Gasteiger partial charge in [-0.15, -0.1) is 0 Å². The van der Waals surface area contributed by atoms with E-state index >= 15 is 0 Å². The SMILES string of the molecule is Cc1ccc(CN2[C@H]3CCCC[C@@H]3OCCS2(=O)=O)cc1. The van der Waals surface area contributed by atoms with Crippen molar-refractivity contribution in [2.45, 2.75) is 51.3 Å². The Kier molecular flexibility index (Phi) is 4.33. The molecule has 5 heteroatoms. The molecule has 2 fully saturated rings. The lowest BCUT2D eigenvalue weighted by atomic mass is 9.92. The van der Waals surface area contributed by atoms with Gasteiger partial charge in [0, 0.05) is 6.54 Å². The van der Waals surface area contributed by atoms with Crippen molar-refractivity contribution in [1.29, 1.82) is 0 Å². The van der Waals surface area contributed by atoms with Crippen molar-refractivity contribution in [2.75, 3.05) is 12.4 Å². The highest BCUT2D eigenvalue weighted by Gasteiger charge is 2.39. The summed E-state index contributed by atoms with van der Waals surface area (Å²) in [7, 11) is -3.23. The van der Waals surface area contributed by atoms with Crippen molar-refractivity contribution in [3.63, 3.8) is 0 Å². The first-order valence-corrected chi connectivity index (χ1v) is 9.34. The van der Waals surface area contributed by atoms with Gasteiger partial charge in [-0.3, -0.25) is 0 Å². The molecule has 1 saturated heterocycles. The Morgan fingerprint density at radius 2 is 1.90 bits per heavy atom. The van der Waals surface area contributed by atoms with Crippen LogP contribution in [0.2, 0.25) is 0 Å². The van der Waals surface area contributed by atoms with Gasteiger partial charge >= 0.3 is 0 Å². The van der Waals surface area contributed by atoms with Gasteiger partial charge in [-0.25, -0.2) is 8.42 Å². The number of rotatable bonds is 2. The molecule has 1 aliphatic carbocycles. The molecule has 1 saturated carbocycles. The zero-order valence-corrected chi connectivity index (χ0v) is 13.3. The van der Waals surface area contributed by atoms with Crippen molar-refractivity contribution in [2.24, 2.45) is 0 Å². The minimum atomic E-state index is -3.23. The van der Waals surface area contributed by atoms with Gasteiger partial charge in [-0.05, 0) is 25.3 Å². The molecule has 1 heterocycles. The van der Waals surface area contributed by atoms with Crippen molar-refractivity contribution in [3.05, 3.63) is 35.4 Å². The maximum absolute atomic E-state index is 12.6. The van der Waals surface area contributed by atoms with E-state index in [1.54, 1.807) is 4.31 Å². The molecule has 0 unspecified atom stereocenters. The van der Waals surface area contributed by atoms with Crippen LogP contribution in [-0.2, 0) is 21.3 Å². The van der Waals surface area contributed by atoms with Crippen LogP contribution in [0.3, 0.4) is 0 Å². The number of hydrogen-bond acceptors (Lipinski definition) is 3. The van der Waals surface area contributed by atoms with Gasteiger partial charge < -0.3 is 4.74 Å². The minimum absolute atomic E-state index is 0.00699. The van der Waals surface area contributed by atoms with Gasteiger partial charge in [0.2, 0.25) is 10.0 Å². The lowest BCUT2D eigenvalue weighted by Crippen LogP contribution is -2.47. The van der Waals surface area contributed by atoms with Crippen molar-refractivity contribution in [3.8, 4) is 0 Å². The van der Waals surface area contributed by atoms with Crippen LogP contribution in [-0.4, -0.2) is 37.2 Å². The zero-order valence-electron chi connectivity index (χ0n) is 12.5. The van der Waals surface area contributed by atoms with Crippen LogP contribution in [0.25, 0.3) is 0 Å². The smallest absolute Gasteiger partial charge is 0.217 e. The van der Waals surface area contributed by atoms with Gasteiger partial charge in [0.15, 0.2) is 0 Å². The molecule has 0 aromatic heterocycles. The molecule has 1 aliphatic heterocycles. The first-order valence-electron chi connectivity index (χ1n) is 7.73. The maximum atomic E-state index is 12.6. The van der Waals surface area contributed by atoms with E-state index < -0.39 is 10.0 Å². The monoisotopic (exact) mass is 309 g/mol. The van der Waals surface area contributed by atoms with Crippen molar-refractivity contribution in [1.82, 2.24) is 4.31 Å². The molecule has 1 aromatic rings. The van der Waals surface area contributed by atoms with Crippen LogP contribution < -0.4 is 0 Å². The third kappa shape index (κ3) is 3.30. The average molecular weight is 309 g/mol. The van der Waals surface area contributed by atoms with Crippen LogP contribution in [0.1, 0.15) is 36.8 Å². The number of fused-ring (bicyclic) bond motifs is 1.